The van der Waals surface area contributed by atoms with Gasteiger partial charge >= 0.3 is 5.97 Å². The largest absolute Gasteiger partial charge is 0.618 e. The van der Waals surface area contributed by atoms with Crippen LogP contribution in [0.15, 0.2) is 71.7 Å². The van der Waals surface area contributed by atoms with Gasteiger partial charge < -0.3 is 10.3 Å². The molecule has 4 heterocycles. The van der Waals surface area contributed by atoms with Crippen molar-refractivity contribution in [2.45, 2.75) is 5.37 Å². The van der Waals surface area contributed by atoms with E-state index in [4.69, 9.17) is 0 Å². The topological polar surface area (TPSA) is 132 Å². The normalized spacial score (nSPS) is 21.6. The standard InChI is InChI=1S/C20H15N3O6S/c24-18-16(11-14-5-1-3-9-21-14)19-23(18)17(20(25)26)13(12-30(19,28)29)7-8-15-6-2-4-10-22(15)27/h1-11,19H,12H2,(H,25,26)/b8-7+,16-11-/t19-/m1/s1. The van der Waals surface area contributed by atoms with E-state index in [0.717, 1.165) is 4.90 Å². The van der Waals surface area contributed by atoms with E-state index in [-0.39, 0.29) is 16.8 Å². The van der Waals surface area contributed by atoms with Crippen molar-refractivity contribution in [3.8, 4) is 0 Å². The van der Waals surface area contributed by atoms with Crippen molar-refractivity contribution in [1.82, 2.24) is 9.88 Å². The number of aromatic nitrogens is 2. The fourth-order valence-corrected chi connectivity index (χ4v) is 5.30. The molecule has 10 heteroatoms. The molecule has 1 atom stereocenters. The Balaban J connectivity index is 1.77. The molecule has 1 fully saturated rings. The predicted molar refractivity (Wildman–Crippen MR) is 106 cm³/mol. The molecule has 1 amide bonds. The van der Waals surface area contributed by atoms with Gasteiger partial charge in [-0.2, -0.15) is 4.73 Å². The Morgan fingerprint density at radius 1 is 1.23 bits per heavy atom. The Kier molecular flexibility index (Phi) is 4.70. The molecular formula is C20H15N3O6S. The van der Waals surface area contributed by atoms with Gasteiger partial charge in [0.15, 0.2) is 21.4 Å². The van der Waals surface area contributed by atoms with Crippen molar-refractivity contribution in [3.05, 3.63) is 88.3 Å². The Bertz CT molecular complexity index is 1250. The van der Waals surface area contributed by atoms with Crippen LogP contribution in [0.1, 0.15) is 11.4 Å². The van der Waals surface area contributed by atoms with E-state index in [9.17, 15) is 28.3 Å². The van der Waals surface area contributed by atoms with Crippen molar-refractivity contribution >= 4 is 33.9 Å². The van der Waals surface area contributed by atoms with Crippen LogP contribution in [0, 0.1) is 5.21 Å². The molecule has 30 heavy (non-hydrogen) atoms. The fraction of sp³-hybridized carbons (Fsp3) is 0.100. The lowest BCUT2D eigenvalue weighted by Crippen LogP contribution is -2.62. The molecule has 2 aliphatic heterocycles. The molecule has 2 aromatic rings. The summed E-state index contributed by atoms with van der Waals surface area (Å²) in [4.78, 5) is 29.4. The third-order valence-corrected chi connectivity index (χ3v) is 6.57. The summed E-state index contributed by atoms with van der Waals surface area (Å²) < 4.78 is 26.3. The molecule has 0 aromatic carbocycles. The number of fused-ring (bicyclic) bond motifs is 1. The smallest absolute Gasteiger partial charge is 0.352 e. The van der Waals surface area contributed by atoms with Gasteiger partial charge in [0.1, 0.15) is 5.70 Å². The number of sulfone groups is 1. The van der Waals surface area contributed by atoms with Gasteiger partial charge in [0.25, 0.3) is 5.91 Å². The maximum Gasteiger partial charge on any atom is 0.352 e. The van der Waals surface area contributed by atoms with Crippen LogP contribution < -0.4 is 4.73 Å². The van der Waals surface area contributed by atoms with E-state index >= 15 is 0 Å². The molecule has 1 N–H and O–H groups in total. The number of aliphatic carboxylic acids is 1. The number of carbonyl (C=O) groups excluding carboxylic acids is 1. The molecule has 9 nitrogen and oxygen atoms in total. The first kappa shape index (κ1) is 19.5. The van der Waals surface area contributed by atoms with Gasteiger partial charge in [-0.3, -0.25) is 14.7 Å². The van der Waals surface area contributed by atoms with Gasteiger partial charge in [-0.1, -0.05) is 6.07 Å². The summed E-state index contributed by atoms with van der Waals surface area (Å²) in [5.74, 6) is -2.72. The van der Waals surface area contributed by atoms with Crippen LogP contribution >= 0.6 is 0 Å². The van der Waals surface area contributed by atoms with Gasteiger partial charge in [-0.15, -0.1) is 0 Å². The van der Waals surface area contributed by atoms with E-state index in [1.807, 2.05) is 0 Å². The lowest BCUT2D eigenvalue weighted by Gasteiger charge is -2.45. The summed E-state index contributed by atoms with van der Waals surface area (Å²) >= 11 is 0. The Labute approximate surface area is 171 Å². The van der Waals surface area contributed by atoms with E-state index in [1.54, 1.807) is 24.3 Å². The van der Waals surface area contributed by atoms with Crippen LogP contribution in [0.2, 0.25) is 0 Å². The molecule has 152 valence electrons. The average Bonchev–Trinajstić information content (AvgIpc) is 2.71. The average molecular weight is 425 g/mol. The number of carboxylic acid groups (broad SMARTS) is 1. The van der Waals surface area contributed by atoms with E-state index in [2.05, 4.69) is 4.98 Å². The van der Waals surface area contributed by atoms with E-state index < -0.39 is 38.5 Å². The minimum absolute atomic E-state index is 0.0315. The summed E-state index contributed by atoms with van der Waals surface area (Å²) in [6.07, 6.45) is 6.67. The lowest BCUT2D eigenvalue weighted by atomic mass is 10.0. The highest BCUT2D eigenvalue weighted by Gasteiger charge is 2.56. The first-order valence-corrected chi connectivity index (χ1v) is 10.5. The molecule has 4 rings (SSSR count). The highest BCUT2D eigenvalue weighted by Crippen LogP contribution is 2.41. The molecular weight excluding hydrogens is 410 g/mol. The minimum atomic E-state index is -3.90. The maximum absolute atomic E-state index is 12.9. The quantitative estimate of drug-likeness (QED) is 0.331. The molecule has 1 saturated heterocycles. The van der Waals surface area contributed by atoms with Crippen molar-refractivity contribution in [3.63, 3.8) is 0 Å². The van der Waals surface area contributed by atoms with Crippen molar-refractivity contribution in [2.24, 2.45) is 0 Å². The molecule has 0 aliphatic carbocycles. The van der Waals surface area contributed by atoms with Crippen molar-refractivity contribution in [2.75, 3.05) is 5.75 Å². The third kappa shape index (κ3) is 3.26. The number of nitrogens with zero attached hydrogens (tertiary/aromatic N) is 3. The molecule has 0 saturated carbocycles. The zero-order valence-electron chi connectivity index (χ0n) is 15.4. The van der Waals surface area contributed by atoms with Crippen LogP contribution in [-0.4, -0.2) is 46.4 Å². The van der Waals surface area contributed by atoms with Gasteiger partial charge in [-0.05, 0) is 35.9 Å². The second-order valence-corrected chi connectivity index (χ2v) is 8.71. The Hall–Kier alpha value is -3.79. The second-order valence-electron chi connectivity index (χ2n) is 6.65. The number of rotatable bonds is 4. The van der Waals surface area contributed by atoms with Crippen LogP contribution in [0.4, 0.5) is 0 Å². The van der Waals surface area contributed by atoms with Gasteiger partial charge in [0, 0.05) is 24.4 Å². The second kappa shape index (κ2) is 7.23. The monoisotopic (exact) mass is 425 g/mol. The van der Waals surface area contributed by atoms with Crippen LogP contribution in [0.25, 0.3) is 12.2 Å². The molecule has 0 radical (unpaired) electrons. The summed E-state index contributed by atoms with van der Waals surface area (Å²) in [7, 11) is -3.90. The first-order valence-electron chi connectivity index (χ1n) is 8.80. The summed E-state index contributed by atoms with van der Waals surface area (Å²) in [5.41, 5.74) is 0.0673. The number of carbonyl (C=O) groups is 2. The first-order chi connectivity index (χ1) is 14.3. The Morgan fingerprint density at radius 3 is 2.67 bits per heavy atom. The zero-order valence-corrected chi connectivity index (χ0v) is 16.2. The highest BCUT2D eigenvalue weighted by atomic mass is 32.2. The summed E-state index contributed by atoms with van der Waals surface area (Å²) in [6.45, 7) is 0. The van der Waals surface area contributed by atoms with Gasteiger partial charge in [-0.25, -0.2) is 13.2 Å². The fourth-order valence-electron chi connectivity index (χ4n) is 3.39. The number of hydrogen-bond donors (Lipinski definition) is 1. The minimum Gasteiger partial charge on any atom is -0.618 e. The highest BCUT2D eigenvalue weighted by molar-refractivity contribution is 7.92. The van der Waals surface area contributed by atoms with Crippen LogP contribution in [0.3, 0.4) is 0 Å². The van der Waals surface area contributed by atoms with E-state index in [0.29, 0.717) is 10.4 Å². The predicted octanol–water partition coefficient (Wildman–Crippen LogP) is 0.747. The van der Waals surface area contributed by atoms with Crippen LogP contribution in [-0.2, 0) is 19.4 Å². The summed E-state index contributed by atoms with van der Waals surface area (Å²) in [5, 5.41) is 20.1. The van der Waals surface area contributed by atoms with Crippen molar-refractivity contribution in [1.29, 1.82) is 0 Å². The lowest BCUT2D eigenvalue weighted by molar-refractivity contribution is -0.607. The number of β-lactam (4-membered cyclic amide) rings is 1. The van der Waals surface area contributed by atoms with Gasteiger partial charge in [0.05, 0.1) is 17.0 Å². The molecule has 0 bridgehead atoms. The third-order valence-electron chi connectivity index (χ3n) is 4.71. The summed E-state index contributed by atoms with van der Waals surface area (Å²) in [6, 6.07) is 9.60. The zero-order chi connectivity index (χ0) is 21.5. The molecule has 2 aliphatic rings. The molecule has 0 spiro atoms. The number of carboxylic acids is 1. The maximum atomic E-state index is 12.9. The van der Waals surface area contributed by atoms with Crippen molar-refractivity contribution < 1.29 is 27.8 Å². The molecule has 2 aromatic heterocycles. The number of pyridine rings is 2. The number of amides is 1. The van der Waals surface area contributed by atoms with E-state index in [1.165, 1.54) is 42.8 Å². The number of allylic oxidation sites excluding steroid dienone is 1. The Morgan fingerprint density at radius 2 is 2.00 bits per heavy atom. The molecule has 0 unspecified atom stereocenters. The van der Waals surface area contributed by atoms with Gasteiger partial charge in [0.2, 0.25) is 5.69 Å². The number of hydrogen-bond acceptors (Lipinski definition) is 6. The van der Waals surface area contributed by atoms with Crippen LogP contribution in [0.5, 0.6) is 0 Å². The SMILES string of the molecule is O=C(O)C1=C(/C=C/c2cccc[n+]2[O-])CS(=O)(=O)[C@@H]2/C(=C\c3ccccn3)C(=O)N12.